The van der Waals surface area contributed by atoms with Crippen LogP contribution in [0.1, 0.15) is 0 Å². The van der Waals surface area contributed by atoms with Crippen molar-refractivity contribution >= 4 is 49.1 Å². The van der Waals surface area contributed by atoms with Gasteiger partial charge < -0.3 is 9.84 Å². The zero-order valence-electron chi connectivity index (χ0n) is 18.1. The number of sulfonamides is 1. The fraction of sp³-hybridized carbons (Fsp3) is 0.0385. The molecule has 0 aliphatic carbocycles. The fourth-order valence-electron chi connectivity index (χ4n) is 3.73. The molecule has 0 saturated carbocycles. The lowest BCUT2D eigenvalue weighted by molar-refractivity contribution is 0.414. The van der Waals surface area contributed by atoms with E-state index in [2.05, 4.69) is 9.71 Å². The van der Waals surface area contributed by atoms with Gasteiger partial charge in [0.15, 0.2) is 0 Å². The number of phenolic OH excluding ortho intramolecular Hbond substituents is 1. The second-order valence-corrected chi connectivity index (χ2v) is 10.3. The third-order valence-corrected chi connectivity index (χ3v) is 7.87. The van der Waals surface area contributed by atoms with E-state index in [-0.39, 0.29) is 10.6 Å². The topological polar surface area (TPSA) is 88.5 Å². The van der Waals surface area contributed by atoms with Crippen molar-refractivity contribution in [1.82, 2.24) is 4.98 Å². The lowest BCUT2D eigenvalue weighted by atomic mass is 10.1. The van der Waals surface area contributed by atoms with E-state index in [0.29, 0.717) is 27.1 Å². The van der Waals surface area contributed by atoms with Gasteiger partial charge in [-0.15, -0.1) is 0 Å². The van der Waals surface area contributed by atoms with E-state index in [0.717, 1.165) is 15.8 Å². The van der Waals surface area contributed by atoms with Gasteiger partial charge in [0, 0.05) is 27.3 Å². The van der Waals surface area contributed by atoms with Gasteiger partial charge in [-0.25, -0.2) is 8.42 Å². The molecule has 5 aromatic rings. The molecule has 0 unspecified atom stereocenters. The van der Waals surface area contributed by atoms with Gasteiger partial charge in [-0.1, -0.05) is 54.2 Å². The number of phenols is 1. The van der Waals surface area contributed by atoms with Crippen LogP contribution in [0.2, 0.25) is 0 Å². The summed E-state index contributed by atoms with van der Waals surface area (Å²) in [5, 5.41) is 13.2. The van der Waals surface area contributed by atoms with Crippen molar-refractivity contribution in [2.45, 2.75) is 14.7 Å². The van der Waals surface area contributed by atoms with E-state index in [1.54, 1.807) is 48.7 Å². The molecule has 0 atom stereocenters. The van der Waals surface area contributed by atoms with Crippen LogP contribution in [0.3, 0.4) is 0 Å². The summed E-state index contributed by atoms with van der Waals surface area (Å²) >= 11 is 1.34. The number of aromatic nitrogens is 1. The van der Waals surface area contributed by atoms with Gasteiger partial charge in [-0.2, -0.15) is 0 Å². The molecule has 8 heteroatoms. The van der Waals surface area contributed by atoms with Crippen molar-refractivity contribution < 1.29 is 18.3 Å². The summed E-state index contributed by atoms with van der Waals surface area (Å²) in [5.41, 5.74) is 1.18. The number of nitrogens with one attached hydrogen (secondary N) is 1. The first kappa shape index (κ1) is 22.1. The summed E-state index contributed by atoms with van der Waals surface area (Å²) < 4.78 is 34.1. The van der Waals surface area contributed by atoms with E-state index in [4.69, 9.17) is 4.74 Å². The van der Waals surface area contributed by atoms with Crippen molar-refractivity contribution in [3.05, 3.63) is 91.1 Å². The highest BCUT2D eigenvalue weighted by Gasteiger charge is 2.19. The Labute approximate surface area is 201 Å². The van der Waals surface area contributed by atoms with Crippen LogP contribution in [-0.2, 0) is 10.0 Å². The Morgan fingerprint density at radius 3 is 2.38 bits per heavy atom. The molecule has 0 aliphatic heterocycles. The number of rotatable bonds is 6. The number of hydrogen-bond donors (Lipinski definition) is 2. The summed E-state index contributed by atoms with van der Waals surface area (Å²) in [4.78, 5) is 5.96. The van der Waals surface area contributed by atoms with Crippen LogP contribution in [0.15, 0.2) is 106 Å². The van der Waals surface area contributed by atoms with E-state index in [1.807, 2.05) is 30.3 Å². The van der Waals surface area contributed by atoms with Crippen molar-refractivity contribution in [2.24, 2.45) is 0 Å². The SMILES string of the molecule is COc1ccc(S(=O)(=O)Nc2cc(Sc3cccc4cccnc34)c(O)c3ccccc23)cc1. The van der Waals surface area contributed by atoms with Gasteiger partial charge in [0.05, 0.1) is 28.1 Å². The van der Waals surface area contributed by atoms with Crippen LogP contribution in [0.4, 0.5) is 5.69 Å². The predicted molar refractivity (Wildman–Crippen MR) is 135 cm³/mol. The van der Waals surface area contributed by atoms with E-state index >= 15 is 0 Å². The molecule has 2 N–H and O–H groups in total. The maximum absolute atomic E-state index is 13.1. The highest BCUT2D eigenvalue weighted by atomic mass is 32.2. The van der Waals surface area contributed by atoms with Crippen LogP contribution in [0.25, 0.3) is 21.7 Å². The minimum Gasteiger partial charge on any atom is -0.506 e. The molecular weight excluding hydrogens is 468 g/mol. The molecule has 34 heavy (non-hydrogen) atoms. The van der Waals surface area contributed by atoms with Gasteiger partial charge in [-0.3, -0.25) is 9.71 Å². The third kappa shape index (κ3) is 4.13. The normalized spacial score (nSPS) is 11.6. The van der Waals surface area contributed by atoms with Crippen molar-refractivity contribution in [2.75, 3.05) is 11.8 Å². The van der Waals surface area contributed by atoms with Crippen LogP contribution in [0, 0.1) is 0 Å². The minimum absolute atomic E-state index is 0.0842. The first-order chi connectivity index (χ1) is 16.5. The number of nitrogens with zero attached hydrogens (tertiary/aromatic N) is 1. The number of benzene rings is 4. The molecule has 1 aromatic heterocycles. The molecule has 0 saturated heterocycles. The Kier molecular flexibility index (Phi) is 5.77. The summed E-state index contributed by atoms with van der Waals surface area (Å²) in [5.74, 6) is 0.650. The van der Waals surface area contributed by atoms with E-state index in [1.165, 1.54) is 31.0 Å². The maximum Gasteiger partial charge on any atom is 0.261 e. The zero-order valence-corrected chi connectivity index (χ0v) is 19.7. The van der Waals surface area contributed by atoms with E-state index in [9.17, 15) is 13.5 Å². The molecule has 4 aromatic carbocycles. The number of hydrogen-bond acceptors (Lipinski definition) is 6. The number of anilines is 1. The third-order valence-electron chi connectivity index (χ3n) is 5.41. The molecule has 5 rings (SSSR count). The van der Waals surface area contributed by atoms with E-state index < -0.39 is 10.0 Å². The van der Waals surface area contributed by atoms with Gasteiger partial charge in [0.2, 0.25) is 0 Å². The first-order valence-corrected chi connectivity index (χ1v) is 12.7. The lowest BCUT2D eigenvalue weighted by Gasteiger charge is -2.15. The van der Waals surface area contributed by atoms with Crippen molar-refractivity contribution in [3.8, 4) is 11.5 Å². The van der Waals surface area contributed by atoms with Crippen molar-refractivity contribution in [3.63, 3.8) is 0 Å². The fourth-order valence-corrected chi connectivity index (χ4v) is 5.84. The summed E-state index contributed by atoms with van der Waals surface area (Å²) in [6.45, 7) is 0. The molecule has 0 amide bonds. The van der Waals surface area contributed by atoms with Crippen LogP contribution < -0.4 is 9.46 Å². The van der Waals surface area contributed by atoms with Gasteiger partial charge in [0.1, 0.15) is 11.5 Å². The lowest BCUT2D eigenvalue weighted by Crippen LogP contribution is -2.13. The quantitative estimate of drug-likeness (QED) is 0.283. The molecule has 0 bridgehead atoms. The Bertz CT molecular complexity index is 1610. The monoisotopic (exact) mass is 488 g/mol. The smallest absolute Gasteiger partial charge is 0.261 e. The average Bonchev–Trinajstić information content (AvgIpc) is 2.87. The highest BCUT2D eigenvalue weighted by molar-refractivity contribution is 7.99. The number of ether oxygens (including phenoxy) is 1. The van der Waals surface area contributed by atoms with Gasteiger partial charge in [0.25, 0.3) is 10.0 Å². The number of aromatic hydroxyl groups is 1. The molecule has 0 fully saturated rings. The molecule has 0 aliphatic rings. The summed E-state index contributed by atoms with van der Waals surface area (Å²) in [6, 6.07) is 24.6. The van der Waals surface area contributed by atoms with Crippen LogP contribution in [0.5, 0.6) is 11.5 Å². The average molecular weight is 489 g/mol. The van der Waals surface area contributed by atoms with Crippen molar-refractivity contribution in [1.29, 1.82) is 0 Å². The molecule has 6 nitrogen and oxygen atoms in total. The number of fused-ring (bicyclic) bond motifs is 2. The number of para-hydroxylation sites is 1. The summed E-state index contributed by atoms with van der Waals surface area (Å²) in [6.07, 6.45) is 1.72. The Hall–Kier alpha value is -3.75. The second-order valence-electron chi connectivity index (χ2n) is 7.53. The standard InChI is InChI=1S/C26H20N2O4S2/c1-32-18-11-13-19(14-12-18)34(30,31)28-22-16-24(26(29)21-9-3-2-8-20(21)22)33-23-10-4-6-17-7-5-15-27-25(17)23/h2-16,28-29H,1H3. The van der Waals surface area contributed by atoms with Gasteiger partial charge in [-0.05, 0) is 42.5 Å². The molecule has 1 heterocycles. The second kappa shape index (κ2) is 8.89. The number of pyridine rings is 1. The highest BCUT2D eigenvalue weighted by Crippen LogP contribution is 2.44. The van der Waals surface area contributed by atoms with Crippen LogP contribution in [-0.4, -0.2) is 25.6 Å². The Balaban J connectivity index is 1.60. The maximum atomic E-state index is 13.1. The van der Waals surface area contributed by atoms with Crippen LogP contribution >= 0.6 is 11.8 Å². The Morgan fingerprint density at radius 2 is 1.62 bits per heavy atom. The molecule has 0 radical (unpaired) electrons. The first-order valence-electron chi connectivity index (χ1n) is 10.4. The molecular formula is C26H20N2O4S2. The number of methoxy groups -OCH3 is 1. The Morgan fingerprint density at radius 1 is 0.882 bits per heavy atom. The predicted octanol–water partition coefficient (Wildman–Crippen LogP) is 6.05. The zero-order chi connectivity index (χ0) is 23.7. The minimum atomic E-state index is -3.88. The van der Waals surface area contributed by atoms with Gasteiger partial charge >= 0.3 is 0 Å². The molecule has 170 valence electrons. The molecule has 0 spiro atoms. The summed E-state index contributed by atoms with van der Waals surface area (Å²) in [7, 11) is -2.35. The largest absolute Gasteiger partial charge is 0.506 e.